The largest absolute Gasteiger partial charge is 0.418 e. The van der Waals surface area contributed by atoms with Crippen LogP contribution in [-0.2, 0) is 22.3 Å². The SMILES string of the molecule is O=C(NCc1ccc(Cl)cc1)C1CC(=O)N(c2ccccc2C(F)(F)F)C1. The fraction of sp³-hybridized carbons (Fsp3) is 0.263. The molecule has 1 heterocycles. The summed E-state index contributed by atoms with van der Waals surface area (Å²) < 4.78 is 39.6. The van der Waals surface area contributed by atoms with Crippen molar-refractivity contribution in [2.75, 3.05) is 11.4 Å². The topological polar surface area (TPSA) is 49.4 Å². The Labute approximate surface area is 158 Å². The van der Waals surface area contributed by atoms with Gasteiger partial charge in [-0.1, -0.05) is 35.9 Å². The summed E-state index contributed by atoms with van der Waals surface area (Å²) in [4.78, 5) is 25.6. The molecule has 1 aliphatic heterocycles. The van der Waals surface area contributed by atoms with Crippen LogP contribution in [0.25, 0.3) is 0 Å². The van der Waals surface area contributed by atoms with Crippen molar-refractivity contribution >= 4 is 29.1 Å². The van der Waals surface area contributed by atoms with E-state index in [0.717, 1.165) is 16.5 Å². The molecule has 0 radical (unpaired) electrons. The highest BCUT2D eigenvalue weighted by molar-refractivity contribution is 6.30. The van der Waals surface area contributed by atoms with Gasteiger partial charge in [0, 0.05) is 24.5 Å². The lowest BCUT2D eigenvalue weighted by atomic mass is 10.1. The summed E-state index contributed by atoms with van der Waals surface area (Å²) in [5.41, 5.74) is -0.278. The number of nitrogens with one attached hydrogen (secondary N) is 1. The Morgan fingerprint density at radius 3 is 2.48 bits per heavy atom. The van der Waals surface area contributed by atoms with Crippen molar-refractivity contribution in [1.82, 2.24) is 5.32 Å². The number of carbonyl (C=O) groups is 2. The highest BCUT2D eigenvalue weighted by Gasteiger charge is 2.40. The van der Waals surface area contributed by atoms with Crippen molar-refractivity contribution < 1.29 is 22.8 Å². The van der Waals surface area contributed by atoms with Gasteiger partial charge in [-0.2, -0.15) is 13.2 Å². The van der Waals surface area contributed by atoms with Crippen LogP contribution in [0, 0.1) is 5.92 Å². The zero-order valence-electron chi connectivity index (χ0n) is 14.1. The molecule has 0 aliphatic carbocycles. The van der Waals surface area contributed by atoms with E-state index in [0.29, 0.717) is 5.02 Å². The molecule has 0 saturated carbocycles. The molecule has 2 amide bonds. The van der Waals surface area contributed by atoms with Crippen LogP contribution in [0.1, 0.15) is 17.5 Å². The maximum Gasteiger partial charge on any atom is 0.418 e. The second-order valence-electron chi connectivity index (χ2n) is 6.26. The normalized spacial score (nSPS) is 17.3. The quantitative estimate of drug-likeness (QED) is 0.848. The first-order chi connectivity index (χ1) is 12.8. The lowest BCUT2D eigenvalue weighted by Crippen LogP contribution is -2.33. The Morgan fingerprint density at radius 1 is 1.15 bits per heavy atom. The molecule has 8 heteroatoms. The van der Waals surface area contributed by atoms with E-state index in [1.807, 2.05) is 0 Å². The zero-order valence-corrected chi connectivity index (χ0v) is 14.8. The molecule has 1 saturated heterocycles. The minimum absolute atomic E-state index is 0.0849. The first kappa shape index (κ1) is 19.2. The molecule has 1 unspecified atom stereocenters. The Morgan fingerprint density at radius 2 is 1.81 bits per heavy atom. The van der Waals surface area contributed by atoms with Gasteiger partial charge in [-0.15, -0.1) is 0 Å². The van der Waals surface area contributed by atoms with Gasteiger partial charge >= 0.3 is 6.18 Å². The third-order valence-corrected chi connectivity index (χ3v) is 4.63. The van der Waals surface area contributed by atoms with Crippen molar-refractivity contribution in [3.05, 3.63) is 64.7 Å². The molecule has 2 aromatic carbocycles. The number of alkyl halides is 3. The molecule has 0 bridgehead atoms. The molecule has 3 rings (SSSR count). The van der Waals surface area contributed by atoms with E-state index in [1.165, 1.54) is 18.2 Å². The monoisotopic (exact) mass is 396 g/mol. The summed E-state index contributed by atoms with van der Waals surface area (Å²) in [6.45, 7) is 0.165. The van der Waals surface area contributed by atoms with E-state index in [9.17, 15) is 22.8 Å². The summed E-state index contributed by atoms with van der Waals surface area (Å²) >= 11 is 5.80. The molecular weight excluding hydrogens is 381 g/mol. The first-order valence-corrected chi connectivity index (χ1v) is 8.62. The van der Waals surface area contributed by atoms with Gasteiger partial charge in [-0.3, -0.25) is 9.59 Å². The molecule has 142 valence electrons. The second-order valence-corrected chi connectivity index (χ2v) is 6.70. The van der Waals surface area contributed by atoms with E-state index < -0.39 is 23.6 Å². The Hall–Kier alpha value is -2.54. The molecule has 0 spiro atoms. The standard InChI is InChI=1S/C19H16ClF3N2O2/c20-14-7-5-12(6-8-14)10-24-18(27)13-9-17(26)25(11-13)16-4-2-1-3-15(16)19(21,22)23/h1-8,13H,9-11H2,(H,24,27). The molecule has 2 aromatic rings. The fourth-order valence-electron chi connectivity index (χ4n) is 3.00. The lowest BCUT2D eigenvalue weighted by molar-refractivity contribution is -0.137. The lowest BCUT2D eigenvalue weighted by Gasteiger charge is -2.21. The molecule has 27 heavy (non-hydrogen) atoms. The number of hydrogen-bond donors (Lipinski definition) is 1. The highest BCUT2D eigenvalue weighted by atomic mass is 35.5. The number of benzene rings is 2. The summed E-state index contributed by atoms with van der Waals surface area (Å²) in [6, 6.07) is 11.8. The number of halogens is 4. The minimum Gasteiger partial charge on any atom is -0.352 e. The van der Waals surface area contributed by atoms with E-state index in [2.05, 4.69) is 5.32 Å². The van der Waals surface area contributed by atoms with Crippen LogP contribution in [0.3, 0.4) is 0 Å². The summed E-state index contributed by atoms with van der Waals surface area (Å²) in [5, 5.41) is 3.29. The molecule has 4 nitrogen and oxygen atoms in total. The van der Waals surface area contributed by atoms with Crippen molar-refractivity contribution in [1.29, 1.82) is 0 Å². The van der Waals surface area contributed by atoms with Gasteiger partial charge in [-0.05, 0) is 29.8 Å². The number of amides is 2. The number of carbonyl (C=O) groups excluding carboxylic acids is 2. The van der Waals surface area contributed by atoms with Crippen LogP contribution in [0.2, 0.25) is 5.02 Å². The third-order valence-electron chi connectivity index (χ3n) is 4.38. The summed E-state index contributed by atoms with van der Waals surface area (Å²) in [6.07, 6.45) is -4.70. The summed E-state index contributed by atoms with van der Waals surface area (Å²) in [7, 11) is 0. The fourth-order valence-corrected chi connectivity index (χ4v) is 3.13. The molecule has 1 N–H and O–H groups in total. The molecule has 1 fully saturated rings. The Kier molecular flexibility index (Phi) is 5.41. The van der Waals surface area contributed by atoms with Crippen LogP contribution in [0.4, 0.5) is 18.9 Å². The average Bonchev–Trinajstić information content (AvgIpc) is 3.02. The van der Waals surface area contributed by atoms with Crippen LogP contribution >= 0.6 is 11.6 Å². The van der Waals surface area contributed by atoms with Gasteiger partial charge in [0.15, 0.2) is 0 Å². The molecule has 1 aliphatic rings. The highest BCUT2D eigenvalue weighted by Crippen LogP contribution is 2.38. The summed E-state index contributed by atoms with van der Waals surface area (Å²) in [5.74, 6) is -1.57. The molecule has 1 atom stereocenters. The maximum absolute atomic E-state index is 13.2. The van der Waals surface area contributed by atoms with Crippen LogP contribution < -0.4 is 10.2 Å². The van der Waals surface area contributed by atoms with Gasteiger partial charge in [0.2, 0.25) is 11.8 Å². The maximum atomic E-state index is 13.2. The van der Waals surface area contributed by atoms with Crippen LogP contribution in [-0.4, -0.2) is 18.4 Å². The number of nitrogens with zero attached hydrogens (tertiary/aromatic N) is 1. The number of anilines is 1. The van der Waals surface area contributed by atoms with E-state index in [1.54, 1.807) is 24.3 Å². The van der Waals surface area contributed by atoms with Gasteiger partial charge in [0.1, 0.15) is 0 Å². The van der Waals surface area contributed by atoms with Crippen molar-refractivity contribution in [2.45, 2.75) is 19.1 Å². The van der Waals surface area contributed by atoms with Crippen molar-refractivity contribution in [3.8, 4) is 0 Å². The van der Waals surface area contributed by atoms with E-state index in [4.69, 9.17) is 11.6 Å². The number of hydrogen-bond acceptors (Lipinski definition) is 2. The zero-order chi connectivity index (χ0) is 19.6. The van der Waals surface area contributed by atoms with Crippen molar-refractivity contribution in [2.24, 2.45) is 5.92 Å². The second kappa shape index (κ2) is 7.60. The van der Waals surface area contributed by atoms with Gasteiger partial charge in [0.25, 0.3) is 0 Å². The smallest absolute Gasteiger partial charge is 0.352 e. The van der Waals surface area contributed by atoms with E-state index >= 15 is 0 Å². The predicted molar refractivity (Wildman–Crippen MR) is 95.2 cm³/mol. The predicted octanol–water partition coefficient (Wildman–Crippen LogP) is 4.03. The average molecular weight is 397 g/mol. The minimum atomic E-state index is -4.58. The van der Waals surface area contributed by atoms with Crippen molar-refractivity contribution in [3.63, 3.8) is 0 Å². The Bertz CT molecular complexity index is 853. The van der Waals surface area contributed by atoms with E-state index in [-0.39, 0.29) is 31.1 Å². The van der Waals surface area contributed by atoms with Crippen LogP contribution in [0.15, 0.2) is 48.5 Å². The number of para-hydroxylation sites is 1. The van der Waals surface area contributed by atoms with Crippen LogP contribution in [0.5, 0.6) is 0 Å². The van der Waals surface area contributed by atoms with Gasteiger partial charge < -0.3 is 10.2 Å². The number of rotatable bonds is 4. The first-order valence-electron chi connectivity index (χ1n) is 8.24. The molecular formula is C19H16ClF3N2O2. The third kappa shape index (κ3) is 4.42. The molecule has 0 aromatic heterocycles. The van der Waals surface area contributed by atoms with Gasteiger partial charge in [0.05, 0.1) is 17.2 Å². The Balaban J connectivity index is 1.69. The van der Waals surface area contributed by atoms with Gasteiger partial charge in [-0.25, -0.2) is 0 Å².